The minimum absolute atomic E-state index is 0.271. The van der Waals surface area contributed by atoms with Crippen LogP contribution in [-0.2, 0) is 9.53 Å². The Bertz CT molecular complexity index is 675. The predicted molar refractivity (Wildman–Crippen MR) is 101 cm³/mol. The zero-order chi connectivity index (χ0) is 19.2. The molecular formula is C20H29N3O4. The molecule has 1 unspecified atom stereocenters. The van der Waals surface area contributed by atoms with Crippen LogP contribution in [0.15, 0.2) is 34.1 Å². The molecule has 0 bridgehead atoms. The van der Waals surface area contributed by atoms with E-state index in [1.807, 2.05) is 0 Å². The van der Waals surface area contributed by atoms with E-state index in [0.717, 1.165) is 12.8 Å². The van der Waals surface area contributed by atoms with Gasteiger partial charge in [0.15, 0.2) is 0 Å². The summed E-state index contributed by atoms with van der Waals surface area (Å²) in [7, 11) is 2.06. The number of hydrogen-bond donors (Lipinski definition) is 2. The van der Waals surface area contributed by atoms with Crippen LogP contribution in [0.25, 0.3) is 0 Å². The number of likely N-dealkylation sites (N-methyl/N-ethyl adjacent to an activating group) is 1. The number of rotatable bonds is 6. The molecule has 1 aliphatic carbocycles. The molecule has 7 nitrogen and oxygen atoms in total. The highest BCUT2D eigenvalue weighted by molar-refractivity contribution is 5.95. The topological polar surface area (TPSA) is 83.8 Å². The molecule has 27 heavy (non-hydrogen) atoms. The van der Waals surface area contributed by atoms with Crippen LogP contribution >= 0.6 is 0 Å². The maximum atomic E-state index is 12.7. The van der Waals surface area contributed by atoms with E-state index in [2.05, 4.69) is 22.6 Å². The van der Waals surface area contributed by atoms with E-state index in [4.69, 9.17) is 9.15 Å². The summed E-state index contributed by atoms with van der Waals surface area (Å²) < 4.78 is 10.7. The molecule has 0 radical (unpaired) electrons. The van der Waals surface area contributed by atoms with Gasteiger partial charge in [-0.3, -0.25) is 4.90 Å². The number of amides is 2. The molecule has 1 aromatic rings. The Hall–Kier alpha value is -2.28. The number of urea groups is 1. The first-order chi connectivity index (χ1) is 13.1. The molecule has 148 valence electrons. The minimum atomic E-state index is -0.648. The van der Waals surface area contributed by atoms with Crippen molar-refractivity contribution in [2.45, 2.75) is 57.5 Å². The zero-order valence-electron chi connectivity index (χ0n) is 16.1. The Morgan fingerprint density at radius 3 is 2.67 bits per heavy atom. The van der Waals surface area contributed by atoms with E-state index in [0.29, 0.717) is 29.6 Å². The molecular weight excluding hydrogens is 346 g/mol. The van der Waals surface area contributed by atoms with Crippen molar-refractivity contribution >= 4 is 12.0 Å². The Labute approximate surface area is 160 Å². The summed E-state index contributed by atoms with van der Waals surface area (Å²) in [5.74, 6) is 0.0817. The van der Waals surface area contributed by atoms with E-state index in [-0.39, 0.29) is 12.6 Å². The van der Waals surface area contributed by atoms with Gasteiger partial charge in [0.05, 0.1) is 18.4 Å². The molecule has 0 spiro atoms. The largest absolute Gasteiger partial charge is 0.467 e. The summed E-state index contributed by atoms with van der Waals surface area (Å²) in [6.07, 6.45) is 8.83. The van der Waals surface area contributed by atoms with Crippen molar-refractivity contribution in [3.8, 4) is 0 Å². The van der Waals surface area contributed by atoms with Crippen LogP contribution in [0.2, 0.25) is 0 Å². The number of carbonyl (C=O) groups is 2. The first-order valence-electron chi connectivity index (χ1n) is 9.81. The molecule has 1 aromatic heterocycles. The number of furan rings is 1. The molecule has 1 atom stereocenters. The van der Waals surface area contributed by atoms with Gasteiger partial charge >= 0.3 is 12.0 Å². The van der Waals surface area contributed by atoms with E-state index in [9.17, 15) is 9.59 Å². The van der Waals surface area contributed by atoms with E-state index < -0.39 is 12.0 Å². The van der Waals surface area contributed by atoms with Crippen molar-refractivity contribution in [3.63, 3.8) is 0 Å². The minimum Gasteiger partial charge on any atom is -0.467 e. The van der Waals surface area contributed by atoms with Gasteiger partial charge in [0.25, 0.3) is 0 Å². The third-order valence-electron chi connectivity index (χ3n) is 5.33. The highest BCUT2D eigenvalue weighted by Gasteiger charge is 2.36. The van der Waals surface area contributed by atoms with E-state index in [1.54, 1.807) is 19.1 Å². The first-order valence-corrected chi connectivity index (χ1v) is 9.81. The van der Waals surface area contributed by atoms with Gasteiger partial charge in [0, 0.05) is 18.3 Å². The van der Waals surface area contributed by atoms with Crippen LogP contribution in [0.1, 0.15) is 57.3 Å². The van der Waals surface area contributed by atoms with Gasteiger partial charge in [-0.1, -0.05) is 25.7 Å². The third kappa shape index (κ3) is 4.71. The van der Waals surface area contributed by atoms with E-state index >= 15 is 0 Å². The van der Waals surface area contributed by atoms with Crippen molar-refractivity contribution in [1.29, 1.82) is 0 Å². The molecule has 0 saturated heterocycles. The molecule has 2 heterocycles. The SMILES string of the molecule is CCOC(=O)C1=C(CN(C)C2CCCCCC2)NC(=O)NC1c1ccco1. The molecule has 7 heteroatoms. The first kappa shape index (κ1) is 19.5. The summed E-state index contributed by atoms with van der Waals surface area (Å²) >= 11 is 0. The van der Waals surface area contributed by atoms with Gasteiger partial charge in [-0.25, -0.2) is 9.59 Å². The molecule has 1 fully saturated rings. The Morgan fingerprint density at radius 1 is 1.30 bits per heavy atom. The number of nitrogens with zero attached hydrogens (tertiary/aromatic N) is 1. The van der Waals surface area contributed by atoms with Gasteiger partial charge in [-0.05, 0) is 38.9 Å². The fraction of sp³-hybridized carbons (Fsp3) is 0.600. The fourth-order valence-corrected chi connectivity index (χ4v) is 3.94. The number of esters is 1. The van der Waals surface area contributed by atoms with Gasteiger partial charge in [-0.2, -0.15) is 0 Å². The maximum Gasteiger partial charge on any atom is 0.338 e. The molecule has 3 rings (SSSR count). The van der Waals surface area contributed by atoms with Crippen LogP contribution in [-0.4, -0.2) is 43.1 Å². The summed E-state index contributed by atoms with van der Waals surface area (Å²) in [6, 6.07) is 2.96. The highest BCUT2D eigenvalue weighted by Crippen LogP contribution is 2.29. The highest BCUT2D eigenvalue weighted by atomic mass is 16.5. The molecule has 1 saturated carbocycles. The fourth-order valence-electron chi connectivity index (χ4n) is 3.94. The maximum absolute atomic E-state index is 12.7. The lowest BCUT2D eigenvalue weighted by Gasteiger charge is -2.32. The second kappa shape index (κ2) is 9.08. The predicted octanol–water partition coefficient (Wildman–Crippen LogP) is 3.11. The summed E-state index contributed by atoms with van der Waals surface area (Å²) in [5, 5.41) is 5.61. The van der Waals surface area contributed by atoms with Crippen LogP contribution in [0.4, 0.5) is 4.79 Å². The van der Waals surface area contributed by atoms with Gasteiger partial charge < -0.3 is 19.8 Å². The second-order valence-corrected chi connectivity index (χ2v) is 7.22. The van der Waals surface area contributed by atoms with Crippen LogP contribution in [0.3, 0.4) is 0 Å². The average molecular weight is 375 g/mol. The summed E-state index contributed by atoms with van der Waals surface area (Å²) in [4.78, 5) is 27.2. The van der Waals surface area contributed by atoms with Crippen molar-refractivity contribution in [2.24, 2.45) is 0 Å². The standard InChI is InChI=1S/C20H29N3O4/c1-3-26-19(24)17-15(13-23(2)14-9-6-4-5-7-10-14)21-20(25)22-18(17)16-11-8-12-27-16/h8,11-12,14,18H,3-7,9-10,13H2,1-2H3,(H2,21,22,25). The van der Waals surface area contributed by atoms with Crippen LogP contribution in [0.5, 0.6) is 0 Å². The number of nitrogens with one attached hydrogen (secondary N) is 2. The lowest BCUT2D eigenvalue weighted by Crippen LogP contribution is -2.49. The molecule has 2 N–H and O–H groups in total. The second-order valence-electron chi connectivity index (χ2n) is 7.22. The van der Waals surface area contributed by atoms with Gasteiger partial charge in [-0.15, -0.1) is 0 Å². The smallest absolute Gasteiger partial charge is 0.338 e. The average Bonchev–Trinajstić information content (AvgIpc) is 3.03. The Morgan fingerprint density at radius 2 is 2.04 bits per heavy atom. The van der Waals surface area contributed by atoms with Crippen LogP contribution in [0, 0.1) is 0 Å². The number of ether oxygens (including phenoxy) is 1. The summed E-state index contributed by atoms with van der Waals surface area (Å²) in [6.45, 7) is 2.53. The normalized spacial score (nSPS) is 21.6. The van der Waals surface area contributed by atoms with Crippen molar-refractivity contribution < 1.29 is 18.7 Å². The van der Waals surface area contributed by atoms with Crippen LogP contribution < -0.4 is 10.6 Å². The van der Waals surface area contributed by atoms with Gasteiger partial charge in [0.2, 0.25) is 0 Å². The number of carbonyl (C=O) groups excluding carboxylic acids is 2. The lowest BCUT2D eigenvalue weighted by molar-refractivity contribution is -0.139. The Kier molecular flexibility index (Phi) is 6.55. The zero-order valence-corrected chi connectivity index (χ0v) is 16.1. The van der Waals surface area contributed by atoms with Gasteiger partial charge in [0.1, 0.15) is 11.8 Å². The molecule has 2 amide bonds. The lowest BCUT2D eigenvalue weighted by atomic mass is 9.99. The van der Waals surface area contributed by atoms with E-state index in [1.165, 1.54) is 31.9 Å². The van der Waals surface area contributed by atoms with Crippen molar-refractivity contribution in [3.05, 3.63) is 35.4 Å². The molecule has 0 aromatic carbocycles. The Balaban J connectivity index is 1.89. The monoisotopic (exact) mass is 375 g/mol. The molecule has 1 aliphatic heterocycles. The van der Waals surface area contributed by atoms with Crippen molar-refractivity contribution in [1.82, 2.24) is 15.5 Å². The third-order valence-corrected chi connectivity index (χ3v) is 5.33. The summed E-state index contributed by atoms with van der Waals surface area (Å²) in [5.41, 5.74) is 0.997. The quantitative estimate of drug-likeness (QED) is 0.590. The molecule has 2 aliphatic rings. The number of hydrogen-bond acceptors (Lipinski definition) is 5. The van der Waals surface area contributed by atoms with Crippen molar-refractivity contribution in [2.75, 3.05) is 20.2 Å².